The fourth-order valence-electron chi connectivity index (χ4n) is 2.16. The van der Waals surface area contributed by atoms with Crippen LogP contribution < -0.4 is 5.32 Å². The third-order valence-electron chi connectivity index (χ3n) is 3.33. The zero-order chi connectivity index (χ0) is 13.8. The highest BCUT2D eigenvalue weighted by Crippen LogP contribution is 2.19. The third-order valence-corrected chi connectivity index (χ3v) is 3.33. The van der Waals surface area contributed by atoms with Gasteiger partial charge in [0.1, 0.15) is 11.5 Å². The molecular formula is C13H19N3O3. The van der Waals surface area contributed by atoms with Crippen LogP contribution >= 0.6 is 0 Å². The molecule has 1 amide bonds. The number of ether oxygens (including phenoxy) is 1. The van der Waals surface area contributed by atoms with E-state index in [-0.39, 0.29) is 24.8 Å². The second-order valence-electron chi connectivity index (χ2n) is 4.92. The number of rotatable bonds is 4. The number of carbonyl (C=O) groups excluding carboxylic acids is 2. The van der Waals surface area contributed by atoms with Gasteiger partial charge in [0, 0.05) is 25.7 Å². The van der Waals surface area contributed by atoms with Gasteiger partial charge in [0.25, 0.3) is 5.91 Å². The number of aryl methyl sites for hydroxylation is 1. The van der Waals surface area contributed by atoms with Crippen LogP contribution in [-0.4, -0.2) is 35.1 Å². The van der Waals surface area contributed by atoms with Gasteiger partial charge in [0.05, 0.1) is 13.5 Å². The van der Waals surface area contributed by atoms with Crippen LogP contribution in [0.5, 0.6) is 0 Å². The van der Waals surface area contributed by atoms with Crippen molar-refractivity contribution in [2.75, 3.05) is 13.7 Å². The summed E-state index contributed by atoms with van der Waals surface area (Å²) >= 11 is 0. The third kappa shape index (κ3) is 3.33. The molecule has 2 heterocycles. The molecule has 1 atom stereocenters. The first-order chi connectivity index (χ1) is 9.10. The van der Waals surface area contributed by atoms with Gasteiger partial charge in [-0.15, -0.1) is 0 Å². The van der Waals surface area contributed by atoms with Crippen LogP contribution in [0.15, 0.2) is 6.20 Å². The lowest BCUT2D eigenvalue weighted by molar-refractivity contribution is -0.140. The van der Waals surface area contributed by atoms with E-state index in [0.29, 0.717) is 11.6 Å². The van der Waals surface area contributed by atoms with Gasteiger partial charge in [0.15, 0.2) is 0 Å². The van der Waals surface area contributed by atoms with Crippen LogP contribution in [0.4, 0.5) is 0 Å². The number of hydrogen-bond donors (Lipinski definition) is 1. The number of carbonyl (C=O) groups is 2. The van der Waals surface area contributed by atoms with Crippen molar-refractivity contribution in [1.82, 2.24) is 14.9 Å². The fraction of sp³-hybridized carbons (Fsp3) is 0.615. The van der Waals surface area contributed by atoms with Crippen molar-refractivity contribution in [1.29, 1.82) is 0 Å². The van der Waals surface area contributed by atoms with Gasteiger partial charge in [-0.05, 0) is 12.3 Å². The van der Waals surface area contributed by atoms with E-state index < -0.39 is 0 Å². The SMILES string of the molecule is COC(=O)CCNC(=O)c1cn2c(n1)CC(C)CC2. The van der Waals surface area contributed by atoms with Crippen molar-refractivity contribution in [3.05, 3.63) is 17.7 Å². The molecular weight excluding hydrogens is 246 g/mol. The number of methoxy groups -OCH3 is 1. The molecule has 1 aromatic rings. The summed E-state index contributed by atoms with van der Waals surface area (Å²) in [5, 5.41) is 2.67. The maximum atomic E-state index is 11.9. The number of nitrogens with zero attached hydrogens (tertiary/aromatic N) is 2. The molecule has 1 unspecified atom stereocenters. The number of hydrogen-bond acceptors (Lipinski definition) is 4. The first-order valence-electron chi connectivity index (χ1n) is 6.51. The highest BCUT2D eigenvalue weighted by atomic mass is 16.5. The smallest absolute Gasteiger partial charge is 0.307 e. The van der Waals surface area contributed by atoms with E-state index in [4.69, 9.17) is 0 Å². The number of imidazole rings is 1. The molecule has 1 aliphatic rings. The van der Waals surface area contributed by atoms with E-state index in [9.17, 15) is 9.59 Å². The summed E-state index contributed by atoms with van der Waals surface area (Å²) < 4.78 is 6.54. The fourth-order valence-corrected chi connectivity index (χ4v) is 2.16. The average Bonchev–Trinajstić information content (AvgIpc) is 2.81. The average molecular weight is 265 g/mol. The Morgan fingerprint density at radius 3 is 3.11 bits per heavy atom. The lowest BCUT2D eigenvalue weighted by atomic mass is 10.0. The number of amides is 1. The molecule has 0 saturated carbocycles. The second kappa shape index (κ2) is 5.86. The van der Waals surface area contributed by atoms with E-state index in [2.05, 4.69) is 22.0 Å². The predicted molar refractivity (Wildman–Crippen MR) is 68.7 cm³/mol. The minimum absolute atomic E-state index is 0.173. The highest BCUT2D eigenvalue weighted by Gasteiger charge is 2.20. The van der Waals surface area contributed by atoms with E-state index >= 15 is 0 Å². The predicted octanol–water partition coefficient (Wildman–Crippen LogP) is 0.758. The van der Waals surface area contributed by atoms with Crippen LogP contribution in [-0.2, 0) is 22.5 Å². The summed E-state index contributed by atoms with van der Waals surface area (Å²) in [5.74, 6) is 1.01. The Hall–Kier alpha value is -1.85. The second-order valence-corrected chi connectivity index (χ2v) is 4.92. The van der Waals surface area contributed by atoms with E-state index in [1.165, 1.54) is 7.11 Å². The Labute approximate surface area is 112 Å². The standard InChI is InChI=1S/C13H19N3O3/c1-9-4-6-16-8-10(15-11(16)7-9)13(18)14-5-3-12(17)19-2/h8-9H,3-7H2,1-2H3,(H,14,18). The summed E-state index contributed by atoms with van der Waals surface area (Å²) in [6.07, 6.45) is 3.99. The lowest BCUT2D eigenvalue weighted by Crippen LogP contribution is -2.26. The Kier molecular flexibility index (Phi) is 4.19. The zero-order valence-electron chi connectivity index (χ0n) is 11.3. The molecule has 0 bridgehead atoms. The molecule has 1 aliphatic heterocycles. The monoisotopic (exact) mass is 265 g/mol. The number of fused-ring (bicyclic) bond motifs is 1. The zero-order valence-corrected chi connectivity index (χ0v) is 11.3. The Bertz CT molecular complexity index is 481. The quantitative estimate of drug-likeness (QED) is 0.816. The Morgan fingerprint density at radius 1 is 1.58 bits per heavy atom. The van der Waals surface area contributed by atoms with Crippen molar-refractivity contribution in [2.24, 2.45) is 5.92 Å². The summed E-state index contributed by atoms with van der Waals surface area (Å²) in [6, 6.07) is 0. The first kappa shape index (κ1) is 13.6. The van der Waals surface area contributed by atoms with Crippen LogP contribution in [0.25, 0.3) is 0 Å². The normalized spacial score (nSPS) is 17.7. The molecule has 19 heavy (non-hydrogen) atoms. The molecule has 0 saturated heterocycles. The van der Waals surface area contributed by atoms with E-state index in [0.717, 1.165) is 25.2 Å². The minimum Gasteiger partial charge on any atom is -0.469 e. The largest absolute Gasteiger partial charge is 0.469 e. The van der Waals surface area contributed by atoms with E-state index in [1.807, 2.05) is 4.57 Å². The molecule has 6 heteroatoms. The molecule has 0 spiro atoms. The summed E-state index contributed by atoms with van der Waals surface area (Å²) in [6.45, 7) is 3.37. The van der Waals surface area contributed by atoms with Crippen molar-refractivity contribution in [3.63, 3.8) is 0 Å². The molecule has 2 rings (SSSR count). The van der Waals surface area contributed by atoms with Gasteiger partial charge in [-0.1, -0.05) is 6.92 Å². The van der Waals surface area contributed by atoms with Crippen molar-refractivity contribution in [3.8, 4) is 0 Å². The van der Waals surface area contributed by atoms with Gasteiger partial charge in [0.2, 0.25) is 0 Å². The van der Waals surface area contributed by atoms with Crippen molar-refractivity contribution in [2.45, 2.75) is 32.7 Å². The van der Waals surface area contributed by atoms with Crippen LogP contribution in [0.1, 0.15) is 36.1 Å². The van der Waals surface area contributed by atoms with Gasteiger partial charge >= 0.3 is 5.97 Å². The summed E-state index contributed by atoms with van der Waals surface area (Å²) in [5.41, 5.74) is 0.425. The summed E-state index contributed by atoms with van der Waals surface area (Å²) in [7, 11) is 1.33. The van der Waals surface area contributed by atoms with Gasteiger partial charge in [-0.2, -0.15) is 0 Å². The van der Waals surface area contributed by atoms with Gasteiger partial charge < -0.3 is 14.6 Å². The minimum atomic E-state index is -0.335. The van der Waals surface area contributed by atoms with Gasteiger partial charge in [-0.25, -0.2) is 4.98 Å². The highest BCUT2D eigenvalue weighted by molar-refractivity contribution is 5.92. The molecule has 1 N–H and O–H groups in total. The first-order valence-corrected chi connectivity index (χ1v) is 6.51. The van der Waals surface area contributed by atoms with Crippen molar-refractivity contribution < 1.29 is 14.3 Å². The Balaban J connectivity index is 1.91. The molecule has 0 radical (unpaired) electrons. The number of esters is 1. The molecule has 6 nitrogen and oxygen atoms in total. The van der Waals surface area contributed by atoms with Crippen LogP contribution in [0.3, 0.4) is 0 Å². The van der Waals surface area contributed by atoms with Crippen LogP contribution in [0, 0.1) is 5.92 Å². The maximum absolute atomic E-state index is 11.9. The van der Waals surface area contributed by atoms with Gasteiger partial charge in [-0.3, -0.25) is 9.59 Å². The number of aromatic nitrogens is 2. The topological polar surface area (TPSA) is 73.2 Å². The molecule has 0 aromatic carbocycles. The van der Waals surface area contributed by atoms with E-state index in [1.54, 1.807) is 6.20 Å². The number of nitrogens with one attached hydrogen (secondary N) is 1. The lowest BCUT2D eigenvalue weighted by Gasteiger charge is -2.18. The molecule has 0 fully saturated rings. The molecule has 1 aromatic heterocycles. The van der Waals surface area contributed by atoms with Crippen LogP contribution in [0.2, 0.25) is 0 Å². The molecule has 0 aliphatic carbocycles. The maximum Gasteiger partial charge on any atom is 0.307 e. The Morgan fingerprint density at radius 2 is 2.37 bits per heavy atom. The summed E-state index contributed by atoms with van der Waals surface area (Å²) in [4.78, 5) is 27.2. The van der Waals surface area contributed by atoms with Crippen molar-refractivity contribution >= 4 is 11.9 Å². The molecule has 104 valence electrons.